The van der Waals surface area contributed by atoms with Gasteiger partial charge in [-0.1, -0.05) is 30.3 Å². The molecule has 0 aromatic heterocycles. The van der Waals surface area contributed by atoms with E-state index in [9.17, 15) is 9.59 Å². The summed E-state index contributed by atoms with van der Waals surface area (Å²) in [5.74, 6) is -1.39. The van der Waals surface area contributed by atoms with Gasteiger partial charge in [0.2, 0.25) is 0 Å². The lowest BCUT2D eigenvalue weighted by Crippen LogP contribution is -2.29. The first-order valence-corrected chi connectivity index (χ1v) is 5.77. The van der Waals surface area contributed by atoms with Crippen LogP contribution < -0.4 is 5.73 Å². The molecule has 0 saturated heterocycles. The van der Waals surface area contributed by atoms with Crippen LogP contribution in [0.3, 0.4) is 0 Å². The van der Waals surface area contributed by atoms with Crippen LogP contribution in [-0.4, -0.2) is 23.1 Å². The van der Waals surface area contributed by atoms with Crippen molar-refractivity contribution in [2.45, 2.75) is 31.9 Å². The number of aliphatic carboxylic acids is 1. The van der Waals surface area contributed by atoms with Crippen LogP contribution in [0.2, 0.25) is 0 Å². The van der Waals surface area contributed by atoms with Crippen LogP contribution in [0.4, 0.5) is 0 Å². The third-order valence-corrected chi connectivity index (χ3v) is 2.46. The number of benzene rings is 1. The number of rotatable bonds is 7. The lowest BCUT2D eigenvalue weighted by atomic mass is 10.1. The van der Waals surface area contributed by atoms with Crippen LogP contribution in [0.25, 0.3) is 0 Å². The van der Waals surface area contributed by atoms with E-state index >= 15 is 0 Å². The Bertz CT molecular complexity index is 391. The Morgan fingerprint density at radius 3 is 2.56 bits per heavy atom. The van der Waals surface area contributed by atoms with Crippen molar-refractivity contribution in [3.05, 3.63) is 35.9 Å². The third kappa shape index (κ3) is 5.45. The fourth-order valence-corrected chi connectivity index (χ4v) is 1.40. The maximum Gasteiger partial charge on any atom is 0.320 e. The highest BCUT2D eigenvalue weighted by Gasteiger charge is 2.12. The first kappa shape index (κ1) is 14.2. The zero-order valence-corrected chi connectivity index (χ0v) is 10.0. The van der Waals surface area contributed by atoms with Gasteiger partial charge in [-0.2, -0.15) is 0 Å². The average Bonchev–Trinajstić information content (AvgIpc) is 2.37. The monoisotopic (exact) mass is 251 g/mol. The Morgan fingerprint density at radius 2 is 1.94 bits per heavy atom. The zero-order chi connectivity index (χ0) is 13.4. The van der Waals surface area contributed by atoms with Crippen LogP contribution in [0.15, 0.2) is 30.3 Å². The second-order valence-corrected chi connectivity index (χ2v) is 3.98. The van der Waals surface area contributed by atoms with Crippen molar-refractivity contribution in [3.8, 4) is 0 Å². The molecule has 0 unspecified atom stereocenters. The van der Waals surface area contributed by atoms with Gasteiger partial charge >= 0.3 is 11.9 Å². The molecule has 0 heterocycles. The molecule has 0 fully saturated rings. The van der Waals surface area contributed by atoms with Gasteiger partial charge < -0.3 is 15.6 Å². The van der Waals surface area contributed by atoms with E-state index in [1.807, 2.05) is 30.3 Å². The van der Waals surface area contributed by atoms with Crippen molar-refractivity contribution in [1.29, 1.82) is 0 Å². The number of hydrogen-bond acceptors (Lipinski definition) is 4. The molecular formula is C13H17NO4. The summed E-state index contributed by atoms with van der Waals surface area (Å²) in [5.41, 5.74) is 6.24. The minimum atomic E-state index is -1.05. The van der Waals surface area contributed by atoms with E-state index in [2.05, 4.69) is 0 Å². The Balaban J connectivity index is 2.17. The molecule has 18 heavy (non-hydrogen) atoms. The zero-order valence-electron chi connectivity index (χ0n) is 10.0. The van der Waals surface area contributed by atoms with E-state index in [0.717, 1.165) is 5.56 Å². The Hall–Kier alpha value is -1.88. The number of carbonyl (C=O) groups excluding carboxylic acids is 1. The lowest BCUT2D eigenvalue weighted by molar-refractivity contribution is -0.145. The summed E-state index contributed by atoms with van der Waals surface area (Å²) >= 11 is 0. The molecule has 98 valence electrons. The standard InChI is InChI=1S/C13H17NO4/c14-11(13(16)17)7-4-8-12(15)18-9-10-5-2-1-3-6-10/h1-3,5-6,11H,4,7-9,14H2,(H,16,17)/t11-/m1/s1. The van der Waals surface area contributed by atoms with Gasteiger partial charge in [-0.05, 0) is 18.4 Å². The van der Waals surface area contributed by atoms with Crippen molar-refractivity contribution in [2.75, 3.05) is 0 Å². The summed E-state index contributed by atoms with van der Waals surface area (Å²) < 4.78 is 5.04. The van der Waals surface area contributed by atoms with E-state index in [4.69, 9.17) is 15.6 Å². The van der Waals surface area contributed by atoms with Gasteiger partial charge in [-0.25, -0.2) is 0 Å². The molecule has 0 saturated carbocycles. The summed E-state index contributed by atoms with van der Waals surface area (Å²) in [7, 11) is 0. The van der Waals surface area contributed by atoms with Gasteiger partial charge in [-0.15, -0.1) is 0 Å². The second kappa shape index (κ2) is 7.45. The van der Waals surface area contributed by atoms with Crippen molar-refractivity contribution in [2.24, 2.45) is 5.73 Å². The van der Waals surface area contributed by atoms with Gasteiger partial charge in [0.25, 0.3) is 0 Å². The number of carboxylic acids is 1. The molecule has 0 bridgehead atoms. The fourth-order valence-electron chi connectivity index (χ4n) is 1.40. The topological polar surface area (TPSA) is 89.6 Å². The summed E-state index contributed by atoms with van der Waals surface area (Å²) in [6, 6.07) is 8.45. The van der Waals surface area contributed by atoms with Gasteiger partial charge in [-0.3, -0.25) is 9.59 Å². The molecule has 1 aromatic rings. The molecule has 0 spiro atoms. The SMILES string of the molecule is N[C@H](CCCC(=O)OCc1ccccc1)C(=O)O. The summed E-state index contributed by atoms with van der Waals surface area (Å²) in [6.45, 7) is 0.241. The quantitative estimate of drug-likeness (QED) is 0.713. The Kier molecular flexibility index (Phi) is 5.87. The van der Waals surface area contributed by atoms with E-state index in [1.54, 1.807) is 0 Å². The number of carboxylic acid groups (broad SMARTS) is 1. The van der Waals surface area contributed by atoms with E-state index in [0.29, 0.717) is 6.42 Å². The molecule has 1 atom stereocenters. The van der Waals surface area contributed by atoms with Crippen molar-refractivity contribution in [1.82, 2.24) is 0 Å². The summed E-state index contributed by atoms with van der Waals surface area (Å²) in [4.78, 5) is 21.8. The number of esters is 1. The fraction of sp³-hybridized carbons (Fsp3) is 0.385. The lowest BCUT2D eigenvalue weighted by Gasteiger charge is -2.06. The van der Waals surface area contributed by atoms with Crippen molar-refractivity contribution in [3.63, 3.8) is 0 Å². The molecular weight excluding hydrogens is 234 g/mol. The molecule has 1 rings (SSSR count). The number of carbonyl (C=O) groups is 2. The second-order valence-electron chi connectivity index (χ2n) is 3.98. The highest BCUT2D eigenvalue weighted by molar-refractivity contribution is 5.73. The van der Waals surface area contributed by atoms with Crippen LogP contribution >= 0.6 is 0 Å². The van der Waals surface area contributed by atoms with Gasteiger partial charge in [0, 0.05) is 6.42 Å². The molecule has 0 radical (unpaired) electrons. The highest BCUT2D eigenvalue weighted by atomic mass is 16.5. The summed E-state index contributed by atoms with van der Waals surface area (Å²) in [6.07, 6.45) is 0.880. The van der Waals surface area contributed by atoms with Crippen molar-refractivity contribution >= 4 is 11.9 Å². The van der Waals surface area contributed by atoms with Crippen LogP contribution in [-0.2, 0) is 20.9 Å². The molecule has 5 heteroatoms. The molecule has 0 aliphatic heterocycles. The maximum absolute atomic E-state index is 11.4. The summed E-state index contributed by atoms with van der Waals surface area (Å²) in [5, 5.41) is 8.56. The molecule has 0 aliphatic carbocycles. The van der Waals surface area contributed by atoms with E-state index in [1.165, 1.54) is 0 Å². The maximum atomic E-state index is 11.4. The van der Waals surface area contributed by atoms with Gasteiger partial charge in [0.05, 0.1) is 0 Å². The smallest absolute Gasteiger partial charge is 0.320 e. The average molecular weight is 251 g/mol. The number of nitrogens with two attached hydrogens (primary N) is 1. The third-order valence-electron chi connectivity index (χ3n) is 2.46. The van der Waals surface area contributed by atoms with Crippen LogP contribution in [0.5, 0.6) is 0 Å². The van der Waals surface area contributed by atoms with Crippen LogP contribution in [0, 0.1) is 0 Å². The molecule has 0 aliphatic rings. The van der Waals surface area contributed by atoms with Crippen LogP contribution in [0.1, 0.15) is 24.8 Å². The highest BCUT2D eigenvalue weighted by Crippen LogP contribution is 2.05. The predicted octanol–water partition coefficient (Wildman–Crippen LogP) is 1.31. The largest absolute Gasteiger partial charge is 0.480 e. The first-order chi connectivity index (χ1) is 8.59. The minimum absolute atomic E-state index is 0.188. The molecule has 5 nitrogen and oxygen atoms in total. The van der Waals surface area contributed by atoms with Crippen molar-refractivity contribution < 1.29 is 19.4 Å². The van der Waals surface area contributed by atoms with Gasteiger partial charge in [0.15, 0.2) is 0 Å². The first-order valence-electron chi connectivity index (χ1n) is 5.77. The normalized spacial score (nSPS) is 11.8. The molecule has 0 amide bonds. The Labute approximate surface area is 106 Å². The Morgan fingerprint density at radius 1 is 1.28 bits per heavy atom. The number of ether oxygens (including phenoxy) is 1. The minimum Gasteiger partial charge on any atom is -0.480 e. The molecule has 1 aromatic carbocycles. The number of hydrogen-bond donors (Lipinski definition) is 2. The van der Waals surface area contributed by atoms with Gasteiger partial charge in [0.1, 0.15) is 12.6 Å². The van der Waals surface area contributed by atoms with E-state index < -0.39 is 12.0 Å². The predicted molar refractivity (Wildman–Crippen MR) is 65.7 cm³/mol. The van der Waals surface area contributed by atoms with E-state index in [-0.39, 0.29) is 25.4 Å². The molecule has 3 N–H and O–H groups in total.